The van der Waals surface area contributed by atoms with Crippen molar-refractivity contribution in [2.75, 3.05) is 0 Å². The first-order chi connectivity index (χ1) is 10.1. The van der Waals surface area contributed by atoms with E-state index in [4.69, 9.17) is 4.18 Å². The van der Waals surface area contributed by atoms with Crippen molar-refractivity contribution in [3.8, 4) is 0 Å². The molecule has 1 unspecified atom stereocenters. The van der Waals surface area contributed by atoms with E-state index in [1.165, 1.54) is 0 Å². The molecular weight excluding hydrogens is 296 g/mol. The Bertz CT molecular complexity index is 679. The van der Waals surface area contributed by atoms with Crippen LogP contribution in [0.4, 0.5) is 0 Å². The highest BCUT2D eigenvalue weighted by molar-refractivity contribution is 7.87. The molecule has 1 atom stereocenters. The van der Waals surface area contributed by atoms with Crippen LogP contribution in [0.2, 0.25) is 0 Å². The van der Waals surface area contributed by atoms with Crippen LogP contribution in [0, 0.1) is 25.2 Å². The van der Waals surface area contributed by atoms with Crippen LogP contribution < -0.4 is 0 Å². The molecule has 0 spiro atoms. The second-order valence-corrected chi connectivity index (χ2v) is 8.83. The van der Waals surface area contributed by atoms with E-state index in [1.54, 1.807) is 19.1 Å². The number of rotatable bonds is 3. The molecule has 1 aromatic carbocycles. The van der Waals surface area contributed by atoms with Gasteiger partial charge in [-0.05, 0) is 55.7 Å². The lowest BCUT2D eigenvalue weighted by atomic mass is 9.74. The fraction of sp³-hybridized carbons (Fsp3) is 0.556. The van der Waals surface area contributed by atoms with Gasteiger partial charge in [0.05, 0.1) is 0 Å². The smallest absolute Gasteiger partial charge is 0.339 e. The van der Waals surface area contributed by atoms with Gasteiger partial charge in [0, 0.05) is 6.42 Å². The molecule has 0 fully saturated rings. The highest BCUT2D eigenvalue weighted by Crippen LogP contribution is 2.38. The summed E-state index contributed by atoms with van der Waals surface area (Å²) in [6.07, 6.45) is 4.48. The van der Waals surface area contributed by atoms with Gasteiger partial charge >= 0.3 is 10.1 Å². The van der Waals surface area contributed by atoms with Gasteiger partial charge in [0.25, 0.3) is 0 Å². The minimum atomic E-state index is -3.73. The summed E-state index contributed by atoms with van der Waals surface area (Å²) in [6, 6.07) is 5.29. The lowest BCUT2D eigenvalue weighted by Crippen LogP contribution is -2.23. The van der Waals surface area contributed by atoms with Crippen molar-refractivity contribution >= 4 is 10.1 Å². The Morgan fingerprint density at radius 3 is 2.36 bits per heavy atom. The topological polar surface area (TPSA) is 43.4 Å². The zero-order valence-corrected chi connectivity index (χ0v) is 15.0. The highest BCUT2D eigenvalue weighted by atomic mass is 32.2. The van der Waals surface area contributed by atoms with Gasteiger partial charge in [-0.15, -0.1) is 0 Å². The quantitative estimate of drug-likeness (QED) is 0.755. The Hall–Kier alpha value is -1.29. The standard InChI is InChI=1S/C18H26O3S/c1-13-6-11-17(14(2)12-13)22(19,20)21-16-9-7-15(8-10-16)18(3,4)5/h6,9,11-12,15H,7-8,10H2,1-5H3. The van der Waals surface area contributed by atoms with Crippen molar-refractivity contribution in [3.63, 3.8) is 0 Å². The van der Waals surface area contributed by atoms with Gasteiger partial charge < -0.3 is 4.18 Å². The molecule has 0 bridgehead atoms. The molecule has 2 rings (SSSR count). The third-order valence-corrected chi connectivity index (χ3v) is 5.84. The monoisotopic (exact) mass is 322 g/mol. The molecule has 0 radical (unpaired) electrons. The largest absolute Gasteiger partial charge is 0.384 e. The van der Waals surface area contributed by atoms with Crippen molar-refractivity contribution in [3.05, 3.63) is 41.2 Å². The van der Waals surface area contributed by atoms with Crippen molar-refractivity contribution in [2.45, 2.75) is 58.8 Å². The average molecular weight is 322 g/mol. The molecule has 1 aromatic rings. The molecule has 0 aliphatic heterocycles. The SMILES string of the molecule is Cc1ccc(S(=O)(=O)OC2=CCC(C(C)(C)C)CC2)c(C)c1. The normalized spacial score (nSPS) is 19.7. The Labute approximate surface area is 134 Å². The van der Waals surface area contributed by atoms with Crippen molar-refractivity contribution in [1.29, 1.82) is 0 Å². The summed E-state index contributed by atoms with van der Waals surface area (Å²) in [7, 11) is -3.73. The Morgan fingerprint density at radius 2 is 1.86 bits per heavy atom. The maximum absolute atomic E-state index is 12.4. The first kappa shape index (κ1) is 17.1. The van der Waals surface area contributed by atoms with Gasteiger partial charge in [0.1, 0.15) is 10.7 Å². The zero-order valence-electron chi connectivity index (χ0n) is 14.1. The lowest BCUT2D eigenvalue weighted by molar-refractivity contribution is 0.207. The summed E-state index contributed by atoms with van der Waals surface area (Å²) in [5.74, 6) is 1.16. The molecule has 0 saturated heterocycles. The Balaban J connectivity index is 2.15. The van der Waals surface area contributed by atoms with Crippen LogP contribution in [0.25, 0.3) is 0 Å². The third-order valence-electron chi connectivity index (χ3n) is 4.41. The molecule has 0 amide bonds. The van der Waals surface area contributed by atoms with Gasteiger partial charge in [-0.1, -0.05) is 38.5 Å². The number of allylic oxidation sites excluding steroid dienone is 2. The van der Waals surface area contributed by atoms with E-state index in [9.17, 15) is 8.42 Å². The van der Waals surface area contributed by atoms with Crippen LogP contribution in [0.15, 0.2) is 34.9 Å². The summed E-state index contributed by atoms with van der Waals surface area (Å²) in [5, 5.41) is 0. The van der Waals surface area contributed by atoms with Crippen molar-refractivity contribution < 1.29 is 12.6 Å². The number of hydrogen-bond acceptors (Lipinski definition) is 3. The van der Waals surface area contributed by atoms with E-state index in [1.807, 2.05) is 19.1 Å². The Kier molecular flexibility index (Phi) is 4.71. The second-order valence-electron chi connectivity index (χ2n) is 7.31. The number of benzene rings is 1. The molecular formula is C18H26O3S. The summed E-state index contributed by atoms with van der Waals surface area (Å²) in [4.78, 5) is 0.261. The van der Waals surface area contributed by atoms with Crippen LogP contribution in [0.5, 0.6) is 0 Å². The minimum Gasteiger partial charge on any atom is -0.384 e. The van der Waals surface area contributed by atoms with Gasteiger partial charge in [0.15, 0.2) is 0 Å². The number of aryl methyl sites for hydroxylation is 2. The maximum Gasteiger partial charge on any atom is 0.339 e. The molecule has 1 aliphatic carbocycles. The van der Waals surface area contributed by atoms with Gasteiger partial charge in [-0.25, -0.2) is 0 Å². The summed E-state index contributed by atoms with van der Waals surface area (Å²) in [6.45, 7) is 10.4. The van der Waals surface area contributed by atoms with Crippen molar-refractivity contribution in [1.82, 2.24) is 0 Å². The second kappa shape index (κ2) is 6.07. The predicted molar refractivity (Wildman–Crippen MR) is 89.1 cm³/mol. The van der Waals surface area contributed by atoms with E-state index in [0.29, 0.717) is 18.1 Å². The first-order valence-corrected chi connectivity index (χ1v) is 9.21. The predicted octanol–water partition coefficient (Wildman–Crippen LogP) is 4.74. The summed E-state index contributed by atoms with van der Waals surface area (Å²) in [5.41, 5.74) is 2.01. The van der Waals surface area contributed by atoms with E-state index < -0.39 is 10.1 Å². The highest BCUT2D eigenvalue weighted by Gasteiger charge is 2.28. The van der Waals surface area contributed by atoms with Gasteiger partial charge in [-0.2, -0.15) is 8.42 Å². The molecule has 0 saturated carbocycles. The van der Waals surface area contributed by atoms with Crippen LogP contribution in [-0.4, -0.2) is 8.42 Å². The average Bonchev–Trinajstić information content (AvgIpc) is 2.37. The molecule has 22 heavy (non-hydrogen) atoms. The molecule has 3 nitrogen and oxygen atoms in total. The molecule has 122 valence electrons. The van der Waals surface area contributed by atoms with E-state index in [0.717, 1.165) is 24.0 Å². The van der Waals surface area contributed by atoms with Gasteiger partial charge in [-0.3, -0.25) is 0 Å². The summed E-state index contributed by atoms with van der Waals surface area (Å²) >= 11 is 0. The molecule has 0 heterocycles. The molecule has 0 N–H and O–H groups in total. The maximum atomic E-state index is 12.4. The van der Waals surface area contributed by atoms with Gasteiger partial charge in [0.2, 0.25) is 0 Å². The molecule has 4 heteroatoms. The van der Waals surface area contributed by atoms with E-state index in [-0.39, 0.29) is 10.3 Å². The van der Waals surface area contributed by atoms with Crippen LogP contribution in [0.1, 0.15) is 51.2 Å². The Morgan fingerprint density at radius 1 is 1.18 bits per heavy atom. The van der Waals surface area contributed by atoms with E-state index in [2.05, 4.69) is 20.8 Å². The minimum absolute atomic E-state index is 0.244. The van der Waals surface area contributed by atoms with E-state index >= 15 is 0 Å². The molecule has 0 aromatic heterocycles. The van der Waals surface area contributed by atoms with Crippen molar-refractivity contribution in [2.24, 2.45) is 11.3 Å². The fourth-order valence-electron chi connectivity index (χ4n) is 2.94. The summed E-state index contributed by atoms with van der Waals surface area (Å²) < 4.78 is 30.3. The zero-order chi connectivity index (χ0) is 16.5. The first-order valence-electron chi connectivity index (χ1n) is 7.80. The fourth-order valence-corrected chi connectivity index (χ4v) is 4.15. The van der Waals surface area contributed by atoms with Crippen LogP contribution in [-0.2, 0) is 14.3 Å². The van der Waals surface area contributed by atoms with Crippen LogP contribution >= 0.6 is 0 Å². The number of hydrogen-bond donors (Lipinski definition) is 0. The van der Waals surface area contributed by atoms with Crippen LogP contribution in [0.3, 0.4) is 0 Å². The molecule has 1 aliphatic rings. The lowest BCUT2D eigenvalue weighted by Gasteiger charge is -2.32. The third kappa shape index (κ3) is 3.92.